The molecule has 21 heavy (non-hydrogen) atoms. The smallest absolute Gasteiger partial charge is 0.307 e. The van der Waals surface area contributed by atoms with Gasteiger partial charge in [-0.3, -0.25) is 19.6 Å². The highest BCUT2D eigenvalue weighted by molar-refractivity contribution is 5.94. The average Bonchev–Trinajstić information content (AvgIpc) is 2.91. The molecule has 8 heteroatoms. The highest BCUT2D eigenvalue weighted by Gasteiger charge is 2.19. The summed E-state index contributed by atoms with van der Waals surface area (Å²) in [5, 5.41) is 16.9. The highest BCUT2D eigenvalue weighted by atomic mass is 19.1. The Morgan fingerprint density at radius 3 is 2.86 bits per heavy atom. The van der Waals surface area contributed by atoms with Crippen molar-refractivity contribution in [2.24, 2.45) is 0 Å². The second kappa shape index (κ2) is 5.70. The van der Waals surface area contributed by atoms with Crippen LogP contribution in [0.4, 0.5) is 15.8 Å². The monoisotopic (exact) mass is 292 g/mol. The van der Waals surface area contributed by atoms with Gasteiger partial charge < -0.3 is 5.32 Å². The van der Waals surface area contributed by atoms with Gasteiger partial charge in [-0.1, -0.05) is 6.07 Å². The van der Waals surface area contributed by atoms with Crippen molar-refractivity contribution in [3.05, 3.63) is 52.1 Å². The summed E-state index contributed by atoms with van der Waals surface area (Å²) in [7, 11) is 0. The Hall–Kier alpha value is -2.77. The van der Waals surface area contributed by atoms with E-state index in [1.807, 2.05) is 0 Å². The van der Waals surface area contributed by atoms with Crippen molar-refractivity contribution >= 4 is 17.3 Å². The fourth-order valence-electron chi connectivity index (χ4n) is 1.72. The van der Waals surface area contributed by atoms with Crippen LogP contribution in [0.2, 0.25) is 0 Å². The molecule has 1 N–H and O–H groups in total. The molecule has 0 bridgehead atoms. The van der Waals surface area contributed by atoms with Crippen LogP contribution in [0.1, 0.15) is 18.5 Å². The van der Waals surface area contributed by atoms with Gasteiger partial charge in [0.25, 0.3) is 0 Å². The summed E-state index contributed by atoms with van der Waals surface area (Å²) in [6.45, 7) is 3.28. The van der Waals surface area contributed by atoms with Crippen molar-refractivity contribution in [1.29, 1.82) is 0 Å². The van der Waals surface area contributed by atoms with Gasteiger partial charge in [0.2, 0.25) is 5.91 Å². The van der Waals surface area contributed by atoms with E-state index >= 15 is 0 Å². The fraction of sp³-hybridized carbons (Fsp3) is 0.231. The summed E-state index contributed by atoms with van der Waals surface area (Å²) in [4.78, 5) is 22.1. The Balaban J connectivity index is 2.15. The summed E-state index contributed by atoms with van der Waals surface area (Å²) < 4.78 is 14.4. The van der Waals surface area contributed by atoms with Gasteiger partial charge in [-0.2, -0.15) is 5.10 Å². The lowest BCUT2D eigenvalue weighted by molar-refractivity contribution is -0.385. The second-order valence-corrected chi connectivity index (χ2v) is 4.56. The molecule has 1 atom stereocenters. The number of nitro groups is 1. The van der Waals surface area contributed by atoms with Crippen molar-refractivity contribution in [3.63, 3.8) is 0 Å². The quantitative estimate of drug-likeness (QED) is 0.692. The number of amides is 1. The normalized spacial score (nSPS) is 12.0. The molecule has 7 nitrogen and oxygen atoms in total. The number of carbonyl (C=O) groups excluding carboxylic acids is 1. The van der Waals surface area contributed by atoms with Gasteiger partial charge in [-0.25, -0.2) is 4.39 Å². The molecular formula is C13H13FN4O3. The Morgan fingerprint density at radius 1 is 1.52 bits per heavy atom. The van der Waals surface area contributed by atoms with Crippen LogP contribution in [0.3, 0.4) is 0 Å². The SMILES string of the molecule is Cc1ccc(F)cc1NC(=O)C(C)n1cc([N+](=O)[O-])cn1. The van der Waals surface area contributed by atoms with Crippen molar-refractivity contribution in [1.82, 2.24) is 9.78 Å². The van der Waals surface area contributed by atoms with Gasteiger partial charge in [0.15, 0.2) is 0 Å². The van der Waals surface area contributed by atoms with Crippen molar-refractivity contribution in [3.8, 4) is 0 Å². The third-order valence-corrected chi connectivity index (χ3v) is 3.03. The third-order valence-electron chi connectivity index (χ3n) is 3.03. The lowest BCUT2D eigenvalue weighted by atomic mass is 10.2. The van der Waals surface area contributed by atoms with E-state index in [2.05, 4.69) is 10.4 Å². The molecule has 2 aromatic rings. The summed E-state index contributed by atoms with van der Waals surface area (Å²) in [6, 6.07) is 3.30. The van der Waals surface area contributed by atoms with E-state index in [4.69, 9.17) is 0 Å². The number of hydrogen-bond donors (Lipinski definition) is 1. The maximum atomic E-state index is 13.2. The van der Waals surface area contributed by atoms with E-state index in [1.54, 1.807) is 19.9 Å². The number of anilines is 1. The number of carbonyl (C=O) groups is 1. The summed E-state index contributed by atoms with van der Waals surface area (Å²) in [5.74, 6) is -0.903. The molecule has 0 saturated carbocycles. The number of nitrogens with one attached hydrogen (secondary N) is 1. The first kappa shape index (κ1) is 14.6. The van der Waals surface area contributed by atoms with Gasteiger partial charge in [-0.15, -0.1) is 0 Å². The van der Waals surface area contributed by atoms with E-state index < -0.39 is 22.7 Å². The van der Waals surface area contributed by atoms with Crippen molar-refractivity contribution < 1.29 is 14.1 Å². The largest absolute Gasteiger partial charge is 0.324 e. The molecule has 0 radical (unpaired) electrons. The molecule has 110 valence electrons. The average molecular weight is 292 g/mol. The Morgan fingerprint density at radius 2 is 2.24 bits per heavy atom. The van der Waals surface area contributed by atoms with E-state index in [-0.39, 0.29) is 5.69 Å². The minimum atomic E-state index is -0.763. The van der Waals surface area contributed by atoms with Crippen LogP contribution < -0.4 is 5.32 Å². The first-order valence-electron chi connectivity index (χ1n) is 6.14. The second-order valence-electron chi connectivity index (χ2n) is 4.56. The molecule has 0 fully saturated rings. The zero-order chi connectivity index (χ0) is 15.6. The lowest BCUT2D eigenvalue weighted by Gasteiger charge is -2.13. The van der Waals surface area contributed by atoms with Crippen molar-refractivity contribution in [2.75, 3.05) is 5.32 Å². The van der Waals surface area contributed by atoms with Crippen LogP contribution in [0.15, 0.2) is 30.6 Å². The van der Waals surface area contributed by atoms with E-state index in [9.17, 15) is 19.3 Å². The molecule has 1 amide bonds. The fourth-order valence-corrected chi connectivity index (χ4v) is 1.72. The van der Waals surface area contributed by atoms with Gasteiger partial charge in [0.1, 0.15) is 24.3 Å². The standard InChI is InChI=1S/C13H13FN4O3/c1-8-3-4-10(14)5-12(8)16-13(19)9(2)17-7-11(6-15-17)18(20)21/h3-7,9H,1-2H3,(H,16,19). The number of nitrogens with zero attached hydrogens (tertiary/aromatic N) is 3. The molecule has 1 aromatic heterocycles. The number of aromatic nitrogens is 2. The lowest BCUT2D eigenvalue weighted by Crippen LogP contribution is -2.24. The zero-order valence-corrected chi connectivity index (χ0v) is 11.4. The predicted octanol–water partition coefficient (Wildman–Crippen LogP) is 2.44. The first-order valence-corrected chi connectivity index (χ1v) is 6.14. The van der Waals surface area contributed by atoms with Crippen LogP contribution in [0.25, 0.3) is 0 Å². The van der Waals surface area contributed by atoms with Gasteiger partial charge in [-0.05, 0) is 31.5 Å². The highest BCUT2D eigenvalue weighted by Crippen LogP contribution is 2.19. The van der Waals surface area contributed by atoms with Crippen LogP contribution >= 0.6 is 0 Å². The van der Waals surface area contributed by atoms with E-state index in [0.29, 0.717) is 11.3 Å². The summed E-state index contributed by atoms with van der Waals surface area (Å²) >= 11 is 0. The van der Waals surface area contributed by atoms with Crippen LogP contribution in [-0.2, 0) is 4.79 Å². The Labute approximate surface area is 119 Å². The summed E-state index contributed by atoms with van der Waals surface area (Å²) in [6.07, 6.45) is 2.24. The minimum Gasteiger partial charge on any atom is -0.324 e. The minimum absolute atomic E-state index is 0.198. The number of halogens is 1. The van der Waals surface area contributed by atoms with Crippen LogP contribution in [0.5, 0.6) is 0 Å². The molecular weight excluding hydrogens is 279 g/mol. The zero-order valence-electron chi connectivity index (χ0n) is 11.4. The third kappa shape index (κ3) is 3.22. The molecule has 0 aliphatic heterocycles. The summed E-state index contributed by atoms with van der Waals surface area (Å²) in [5.41, 5.74) is 0.869. The Bertz CT molecular complexity index is 698. The first-order chi connectivity index (χ1) is 9.88. The maximum absolute atomic E-state index is 13.2. The molecule has 1 aromatic carbocycles. The van der Waals surface area contributed by atoms with Crippen molar-refractivity contribution in [2.45, 2.75) is 19.9 Å². The topological polar surface area (TPSA) is 90.1 Å². The van der Waals surface area contributed by atoms with Gasteiger partial charge in [0, 0.05) is 5.69 Å². The molecule has 0 aliphatic carbocycles. The van der Waals surface area contributed by atoms with Gasteiger partial charge in [0.05, 0.1) is 4.92 Å². The van der Waals surface area contributed by atoms with Gasteiger partial charge >= 0.3 is 5.69 Å². The van der Waals surface area contributed by atoms with Crippen LogP contribution in [0, 0.1) is 22.9 Å². The molecule has 1 unspecified atom stereocenters. The van der Waals surface area contributed by atoms with E-state index in [1.165, 1.54) is 23.0 Å². The number of rotatable bonds is 4. The molecule has 1 heterocycles. The molecule has 0 spiro atoms. The van der Waals surface area contributed by atoms with Crippen LogP contribution in [-0.4, -0.2) is 20.6 Å². The van der Waals surface area contributed by atoms with E-state index in [0.717, 1.165) is 6.20 Å². The number of benzene rings is 1. The maximum Gasteiger partial charge on any atom is 0.307 e. The molecule has 2 rings (SSSR count). The number of aryl methyl sites for hydroxylation is 1. The molecule has 0 saturated heterocycles. The predicted molar refractivity (Wildman–Crippen MR) is 73.4 cm³/mol. The Kier molecular flexibility index (Phi) is 3.97. The molecule has 0 aliphatic rings. The number of hydrogen-bond acceptors (Lipinski definition) is 4.